The van der Waals surface area contributed by atoms with Crippen molar-refractivity contribution in [2.75, 3.05) is 5.32 Å². The van der Waals surface area contributed by atoms with Gasteiger partial charge < -0.3 is 10.3 Å². The van der Waals surface area contributed by atoms with Crippen LogP contribution in [0, 0.1) is 12.7 Å². The third-order valence-corrected chi connectivity index (χ3v) is 4.37. The molecular weight excluding hydrogens is 313 g/mol. The van der Waals surface area contributed by atoms with Crippen molar-refractivity contribution in [1.29, 1.82) is 0 Å². The molecule has 25 heavy (non-hydrogen) atoms. The molecule has 0 amide bonds. The molecule has 4 aromatic rings. The summed E-state index contributed by atoms with van der Waals surface area (Å²) in [5.41, 5.74) is 4.09. The Morgan fingerprint density at radius 3 is 2.64 bits per heavy atom. The highest BCUT2D eigenvalue weighted by molar-refractivity contribution is 5.86. The Hall–Kier alpha value is -3.14. The van der Waals surface area contributed by atoms with Crippen molar-refractivity contribution in [3.8, 4) is 0 Å². The number of benzene rings is 2. The van der Waals surface area contributed by atoms with Crippen LogP contribution in [0.4, 0.5) is 10.2 Å². The van der Waals surface area contributed by atoms with Gasteiger partial charge in [-0.15, -0.1) is 0 Å². The lowest BCUT2D eigenvalue weighted by atomic mass is 9.96. The van der Waals surface area contributed by atoms with Gasteiger partial charge >= 0.3 is 0 Å². The molecule has 2 aromatic heterocycles. The minimum atomic E-state index is -0.247. The molecule has 0 radical (unpaired) electrons. The molecule has 4 heteroatoms. The number of fused-ring (bicyclic) bond motifs is 1. The van der Waals surface area contributed by atoms with Gasteiger partial charge in [0.2, 0.25) is 0 Å². The van der Waals surface area contributed by atoms with Gasteiger partial charge in [0, 0.05) is 28.4 Å². The number of aromatic nitrogens is 2. The van der Waals surface area contributed by atoms with Crippen molar-refractivity contribution >= 4 is 16.7 Å². The van der Waals surface area contributed by atoms with E-state index in [2.05, 4.69) is 27.4 Å². The Morgan fingerprint density at radius 1 is 1.00 bits per heavy atom. The van der Waals surface area contributed by atoms with Crippen LogP contribution in [-0.2, 0) is 0 Å². The molecule has 0 spiro atoms. The molecule has 4 rings (SSSR count). The van der Waals surface area contributed by atoms with Crippen LogP contribution >= 0.6 is 0 Å². The SMILES string of the molecule is Cc1[nH]c2ccccc2c1C(Nc1ccccn1)c1cccc(F)c1. The molecule has 124 valence electrons. The molecule has 0 aliphatic heterocycles. The lowest BCUT2D eigenvalue weighted by Crippen LogP contribution is -2.14. The van der Waals surface area contributed by atoms with Crippen molar-refractivity contribution in [2.24, 2.45) is 0 Å². The summed E-state index contributed by atoms with van der Waals surface area (Å²) in [5.74, 6) is 0.504. The van der Waals surface area contributed by atoms with E-state index in [0.29, 0.717) is 0 Å². The predicted molar refractivity (Wildman–Crippen MR) is 99.1 cm³/mol. The molecule has 2 N–H and O–H groups in total. The summed E-state index contributed by atoms with van der Waals surface area (Å²) in [6, 6.07) is 20.4. The Bertz CT molecular complexity index is 1010. The second-order valence-electron chi connectivity index (χ2n) is 6.06. The Kier molecular flexibility index (Phi) is 3.94. The molecule has 0 aliphatic rings. The fourth-order valence-corrected chi connectivity index (χ4v) is 3.27. The van der Waals surface area contributed by atoms with E-state index in [-0.39, 0.29) is 11.9 Å². The summed E-state index contributed by atoms with van der Waals surface area (Å²) in [4.78, 5) is 7.79. The average Bonchev–Trinajstić information content (AvgIpc) is 2.96. The number of para-hydroxylation sites is 1. The largest absolute Gasteiger partial charge is 0.359 e. The zero-order chi connectivity index (χ0) is 17.2. The highest BCUT2D eigenvalue weighted by atomic mass is 19.1. The first kappa shape index (κ1) is 15.4. The van der Waals surface area contributed by atoms with Crippen LogP contribution in [0.5, 0.6) is 0 Å². The van der Waals surface area contributed by atoms with Crippen LogP contribution in [0.1, 0.15) is 22.9 Å². The molecule has 0 bridgehead atoms. The molecule has 1 atom stereocenters. The van der Waals surface area contributed by atoms with E-state index in [1.807, 2.05) is 43.3 Å². The summed E-state index contributed by atoms with van der Waals surface area (Å²) < 4.78 is 13.9. The summed E-state index contributed by atoms with van der Waals surface area (Å²) in [7, 11) is 0. The van der Waals surface area contributed by atoms with E-state index >= 15 is 0 Å². The van der Waals surface area contributed by atoms with Crippen LogP contribution in [0.25, 0.3) is 10.9 Å². The number of H-pyrrole nitrogens is 1. The Balaban J connectivity index is 1.89. The van der Waals surface area contributed by atoms with E-state index in [0.717, 1.165) is 33.5 Å². The predicted octanol–water partition coefficient (Wildman–Crippen LogP) is 5.21. The van der Waals surface area contributed by atoms with Crippen molar-refractivity contribution in [3.05, 3.63) is 95.6 Å². The fourth-order valence-electron chi connectivity index (χ4n) is 3.27. The van der Waals surface area contributed by atoms with Crippen LogP contribution in [0.3, 0.4) is 0 Å². The maximum Gasteiger partial charge on any atom is 0.126 e. The summed E-state index contributed by atoms with van der Waals surface area (Å²) in [5, 5.41) is 4.58. The summed E-state index contributed by atoms with van der Waals surface area (Å²) in [6.45, 7) is 2.04. The van der Waals surface area contributed by atoms with Gasteiger partial charge in [-0.25, -0.2) is 9.37 Å². The molecular formula is C21H18FN3. The van der Waals surface area contributed by atoms with Gasteiger partial charge in [0.05, 0.1) is 6.04 Å². The number of anilines is 1. The molecule has 0 aliphatic carbocycles. The summed E-state index contributed by atoms with van der Waals surface area (Å²) >= 11 is 0. The second-order valence-corrected chi connectivity index (χ2v) is 6.06. The summed E-state index contributed by atoms with van der Waals surface area (Å²) in [6.07, 6.45) is 1.74. The minimum Gasteiger partial charge on any atom is -0.359 e. The molecule has 1 unspecified atom stereocenters. The number of halogens is 1. The second kappa shape index (κ2) is 6.40. The van der Waals surface area contributed by atoms with Gasteiger partial charge in [0.15, 0.2) is 0 Å². The smallest absolute Gasteiger partial charge is 0.126 e. The first-order valence-corrected chi connectivity index (χ1v) is 8.22. The molecule has 3 nitrogen and oxygen atoms in total. The van der Waals surface area contributed by atoms with E-state index < -0.39 is 0 Å². The molecule has 0 fully saturated rings. The van der Waals surface area contributed by atoms with E-state index in [1.165, 1.54) is 6.07 Å². The highest BCUT2D eigenvalue weighted by Crippen LogP contribution is 2.34. The Labute approximate surface area is 145 Å². The molecule has 0 saturated carbocycles. The number of pyridine rings is 1. The molecule has 2 aromatic carbocycles. The van der Waals surface area contributed by atoms with E-state index in [4.69, 9.17) is 0 Å². The zero-order valence-corrected chi connectivity index (χ0v) is 13.8. The normalized spacial score (nSPS) is 12.2. The van der Waals surface area contributed by atoms with Gasteiger partial charge in [-0.3, -0.25) is 0 Å². The number of nitrogens with zero attached hydrogens (tertiary/aromatic N) is 1. The van der Waals surface area contributed by atoms with Gasteiger partial charge in [-0.2, -0.15) is 0 Å². The molecule has 0 saturated heterocycles. The fraction of sp³-hybridized carbons (Fsp3) is 0.0952. The van der Waals surface area contributed by atoms with Crippen molar-refractivity contribution in [3.63, 3.8) is 0 Å². The van der Waals surface area contributed by atoms with Gasteiger partial charge in [0.25, 0.3) is 0 Å². The van der Waals surface area contributed by atoms with Crippen LogP contribution in [0.15, 0.2) is 72.9 Å². The standard InChI is InChI=1S/C21H18FN3/c1-14-20(17-9-2-3-10-18(17)24-14)21(15-7-6-8-16(22)13-15)25-19-11-4-5-12-23-19/h2-13,21,24H,1H3,(H,23,25). The minimum absolute atomic E-state index is 0.207. The maximum atomic E-state index is 13.9. The van der Waals surface area contributed by atoms with Gasteiger partial charge in [-0.1, -0.05) is 36.4 Å². The van der Waals surface area contributed by atoms with Crippen LogP contribution in [-0.4, -0.2) is 9.97 Å². The third-order valence-electron chi connectivity index (χ3n) is 4.37. The number of hydrogen-bond donors (Lipinski definition) is 2. The third kappa shape index (κ3) is 2.98. The quantitative estimate of drug-likeness (QED) is 0.539. The number of aryl methyl sites for hydroxylation is 1. The van der Waals surface area contributed by atoms with Crippen LogP contribution in [0.2, 0.25) is 0 Å². The van der Waals surface area contributed by atoms with Crippen molar-refractivity contribution < 1.29 is 4.39 Å². The maximum absolute atomic E-state index is 13.9. The topological polar surface area (TPSA) is 40.7 Å². The van der Waals surface area contributed by atoms with E-state index in [1.54, 1.807) is 18.3 Å². The van der Waals surface area contributed by atoms with Gasteiger partial charge in [0.1, 0.15) is 11.6 Å². The number of rotatable bonds is 4. The number of aromatic amines is 1. The lowest BCUT2D eigenvalue weighted by molar-refractivity contribution is 0.624. The zero-order valence-electron chi connectivity index (χ0n) is 13.8. The lowest BCUT2D eigenvalue weighted by Gasteiger charge is -2.21. The monoisotopic (exact) mass is 331 g/mol. The Morgan fingerprint density at radius 2 is 1.84 bits per heavy atom. The van der Waals surface area contributed by atoms with Crippen molar-refractivity contribution in [2.45, 2.75) is 13.0 Å². The highest BCUT2D eigenvalue weighted by Gasteiger charge is 2.21. The average molecular weight is 331 g/mol. The van der Waals surface area contributed by atoms with Crippen LogP contribution < -0.4 is 5.32 Å². The van der Waals surface area contributed by atoms with Crippen molar-refractivity contribution in [1.82, 2.24) is 9.97 Å². The van der Waals surface area contributed by atoms with E-state index in [9.17, 15) is 4.39 Å². The molecule has 2 heterocycles. The number of nitrogens with one attached hydrogen (secondary N) is 2. The first-order valence-electron chi connectivity index (χ1n) is 8.22. The number of hydrogen-bond acceptors (Lipinski definition) is 2. The first-order chi connectivity index (χ1) is 12.2. The van der Waals surface area contributed by atoms with Gasteiger partial charge in [-0.05, 0) is 42.8 Å².